The molecule has 0 saturated heterocycles. The van der Waals surface area contributed by atoms with Gasteiger partial charge < -0.3 is 10.2 Å². The van der Waals surface area contributed by atoms with Gasteiger partial charge in [0, 0.05) is 10.8 Å². The van der Waals surface area contributed by atoms with E-state index in [1.54, 1.807) is 0 Å². The first-order valence-electron chi connectivity index (χ1n) is 6.07. The highest BCUT2D eigenvalue weighted by atomic mass is 32.1. The normalized spacial score (nSPS) is 30.4. The fourth-order valence-corrected chi connectivity index (χ4v) is 3.60. The zero-order valence-corrected chi connectivity index (χ0v) is 10.7. The molecule has 1 aliphatic rings. The Balaban J connectivity index is 2.15. The van der Waals surface area contributed by atoms with Crippen molar-refractivity contribution < 1.29 is 15.0 Å². The zero-order chi connectivity index (χ0) is 12.4. The lowest BCUT2D eigenvalue weighted by atomic mass is 9.90. The molecule has 0 aliphatic heterocycles. The summed E-state index contributed by atoms with van der Waals surface area (Å²) in [5.41, 5.74) is 0. The highest BCUT2D eigenvalue weighted by Gasteiger charge is 2.42. The smallest absolute Gasteiger partial charge is 0.306 e. The molecule has 1 aliphatic carbocycles. The third-order valence-electron chi connectivity index (χ3n) is 3.84. The van der Waals surface area contributed by atoms with E-state index in [0.717, 1.165) is 17.7 Å². The summed E-state index contributed by atoms with van der Waals surface area (Å²) < 4.78 is 0. The van der Waals surface area contributed by atoms with Crippen molar-refractivity contribution >= 4 is 17.3 Å². The summed E-state index contributed by atoms with van der Waals surface area (Å²) in [7, 11) is 0. The molecule has 1 fully saturated rings. The minimum atomic E-state index is -0.762. The summed E-state index contributed by atoms with van der Waals surface area (Å²) in [6.45, 7) is 2.09. The summed E-state index contributed by atoms with van der Waals surface area (Å²) in [6.07, 6.45) is 1.91. The first kappa shape index (κ1) is 12.6. The fraction of sp³-hybridized carbons (Fsp3) is 0.615. The molecule has 94 valence electrons. The molecular formula is C13H18O3S. The summed E-state index contributed by atoms with van der Waals surface area (Å²) in [5, 5.41) is 21.4. The van der Waals surface area contributed by atoms with Gasteiger partial charge in [0.2, 0.25) is 0 Å². The van der Waals surface area contributed by atoms with Gasteiger partial charge in [0.15, 0.2) is 0 Å². The van der Waals surface area contributed by atoms with Gasteiger partial charge in [-0.3, -0.25) is 4.79 Å². The second kappa shape index (κ2) is 5.19. The van der Waals surface area contributed by atoms with Crippen molar-refractivity contribution in [3.63, 3.8) is 0 Å². The molecule has 1 aromatic heterocycles. The number of carboxylic acids is 1. The first-order chi connectivity index (χ1) is 8.13. The van der Waals surface area contributed by atoms with Crippen molar-refractivity contribution in [2.24, 2.45) is 17.8 Å². The Labute approximate surface area is 105 Å². The molecule has 3 nitrogen and oxygen atoms in total. The van der Waals surface area contributed by atoms with E-state index < -0.39 is 18.0 Å². The third-order valence-corrected chi connectivity index (χ3v) is 4.79. The van der Waals surface area contributed by atoms with E-state index in [1.807, 2.05) is 17.5 Å². The maximum Gasteiger partial charge on any atom is 0.306 e. The maximum absolute atomic E-state index is 11.2. The van der Waals surface area contributed by atoms with Crippen molar-refractivity contribution in [2.45, 2.75) is 32.3 Å². The fourth-order valence-electron chi connectivity index (χ4n) is 2.82. The number of thiophene rings is 1. The number of aliphatic carboxylic acids is 1. The van der Waals surface area contributed by atoms with Gasteiger partial charge in [-0.15, -0.1) is 11.3 Å². The van der Waals surface area contributed by atoms with E-state index in [9.17, 15) is 15.0 Å². The zero-order valence-electron chi connectivity index (χ0n) is 9.87. The van der Waals surface area contributed by atoms with Crippen molar-refractivity contribution in [3.05, 3.63) is 22.4 Å². The quantitative estimate of drug-likeness (QED) is 0.868. The van der Waals surface area contributed by atoms with E-state index in [1.165, 1.54) is 11.3 Å². The predicted molar refractivity (Wildman–Crippen MR) is 66.9 cm³/mol. The number of hydrogen-bond acceptors (Lipinski definition) is 3. The van der Waals surface area contributed by atoms with Crippen LogP contribution >= 0.6 is 11.3 Å². The van der Waals surface area contributed by atoms with Crippen molar-refractivity contribution in [1.82, 2.24) is 0 Å². The van der Waals surface area contributed by atoms with Crippen LogP contribution < -0.4 is 0 Å². The largest absolute Gasteiger partial charge is 0.481 e. The van der Waals surface area contributed by atoms with E-state index in [2.05, 4.69) is 6.92 Å². The lowest BCUT2D eigenvalue weighted by Gasteiger charge is -2.21. The van der Waals surface area contributed by atoms with Crippen molar-refractivity contribution in [3.8, 4) is 0 Å². The topological polar surface area (TPSA) is 57.5 Å². The second-order valence-electron chi connectivity index (χ2n) is 4.81. The number of carbonyl (C=O) groups is 1. The van der Waals surface area contributed by atoms with Gasteiger partial charge in [0.05, 0.1) is 12.0 Å². The van der Waals surface area contributed by atoms with Gasteiger partial charge in [-0.25, -0.2) is 0 Å². The molecule has 4 unspecified atom stereocenters. The highest BCUT2D eigenvalue weighted by Crippen LogP contribution is 2.45. The van der Waals surface area contributed by atoms with Crippen LogP contribution in [0.2, 0.25) is 0 Å². The van der Waals surface area contributed by atoms with Gasteiger partial charge in [0.1, 0.15) is 0 Å². The van der Waals surface area contributed by atoms with Crippen LogP contribution in [-0.2, 0) is 4.79 Å². The third kappa shape index (κ3) is 2.53. The Morgan fingerprint density at radius 1 is 1.59 bits per heavy atom. The number of aliphatic hydroxyl groups is 1. The van der Waals surface area contributed by atoms with Crippen LogP contribution in [0.3, 0.4) is 0 Å². The minimum Gasteiger partial charge on any atom is -0.481 e. The number of carboxylic acid groups (broad SMARTS) is 1. The lowest BCUT2D eigenvalue weighted by Crippen LogP contribution is -2.23. The highest BCUT2D eigenvalue weighted by molar-refractivity contribution is 7.10. The van der Waals surface area contributed by atoms with Gasteiger partial charge in [-0.2, -0.15) is 0 Å². The van der Waals surface area contributed by atoms with Crippen LogP contribution in [0.1, 0.15) is 37.2 Å². The molecule has 0 spiro atoms. The number of hydrogen-bond donors (Lipinski definition) is 2. The molecule has 0 radical (unpaired) electrons. The van der Waals surface area contributed by atoms with Gasteiger partial charge in [-0.1, -0.05) is 19.4 Å². The molecule has 2 N–H and O–H groups in total. The Bertz CT molecular complexity index is 374. The van der Waals surface area contributed by atoms with Crippen LogP contribution in [0.4, 0.5) is 0 Å². The van der Waals surface area contributed by atoms with E-state index in [4.69, 9.17) is 0 Å². The maximum atomic E-state index is 11.2. The van der Waals surface area contributed by atoms with E-state index in [0.29, 0.717) is 12.3 Å². The minimum absolute atomic E-state index is 0.129. The summed E-state index contributed by atoms with van der Waals surface area (Å²) >= 11 is 1.50. The molecule has 2 rings (SSSR count). The summed E-state index contributed by atoms with van der Waals surface area (Å²) in [4.78, 5) is 12.1. The molecule has 0 amide bonds. The molecule has 0 bridgehead atoms. The van der Waals surface area contributed by atoms with E-state index in [-0.39, 0.29) is 5.92 Å². The molecule has 4 atom stereocenters. The molecule has 17 heavy (non-hydrogen) atoms. The lowest BCUT2D eigenvalue weighted by molar-refractivity contribution is -0.144. The van der Waals surface area contributed by atoms with Crippen LogP contribution in [0.5, 0.6) is 0 Å². The van der Waals surface area contributed by atoms with Crippen LogP contribution in [0.15, 0.2) is 17.5 Å². The Morgan fingerprint density at radius 2 is 2.35 bits per heavy atom. The summed E-state index contributed by atoms with van der Waals surface area (Å²) in [6, 6.07) is 3.78. The van der Waals surface area contributed by atoms with Crippen LogP contribution in [0.25, 0.3) is 0 Å². The van der Waals surface area contributed by atoms with Crippen LogP contribution in [0, 0.1) is 17.8 Å². The summed E-state index contributed by atoms with van der Waals surface area (Å²) in [5.74, 6) is -0.842. The van der Waals surface area contributed by atoms with Crippen LogP contribution in [-0.4, -0.2) is 16.2 Å². The van der Waals surface area contributed by atoms with Crippen molar-refractivity contribution in [1.29, 1.82) is 0 Å². The second-order valence-corrected chi connectivity index (χ2v) is 5.79. The van der Waals surface area contributed by atoms with Crippen molar-refractivity contribution in [2.75, 3.05) is 0 Å². The molecule has 1 aromatic rings. The standard InChI is InChI=1S/C13H18O3S/c1-2-8-6-9(10(7-8)13(15)16)12(14)11-4-3-5-17-11/h3-5,8-10,12,14H,2,6-7H2,1H3,(H,15,16). The molecule has 1 heterocycles. The Hall–Kier alpha value is -0.870. The van der Waals surface area contributed by atoms with Gasteiger partial charge in [0.25, 0.3) is 0 Å². The molecular weight excluding hydrogens is 236 g/mol. The molecule has 0 aromatic carbocycles. The van der Waals surface area contributed by atoms with Gasteiger partial charge >= 0.3 is 5.97 Å². The van der Waals surface area contributed by atoms with E-state index >= 15 is 0 Å². The average molecular weight is 254 g/mol. The SMILES string of the molecule is CCC1CC(C(=O)O)C(C(O)c2cccs2)C1. The number of aliphatic hydroxyl groups excluding tert-OH is 1. The predicted octanol–water partition coefficient (Wildman–Crippen LogP) is 2.92. The Kier molecular flexibility index (Phi) is 3.84. The Morgan fingerprint density at radius 3 is 2.88 bits per heavy atom. The molecule has 4 heteroatoms. The first-order valence-corrected chi connectivity index (χ1v) is 6.95. The number of rotatable bonds is 4. The molecule has 1 saturated carbocycles. The average Bonchev–Trinajstić information content (AvgIpc) is 2.97. The van der Waals surface area contributed by atoms with Gasteiger partial charge in [-0.05, 0) is 30.2 Å². The monoisotopic (exact) mass is 254 g/mol.